The zero-order valence-electron chi connectivity index (χ0n) is 19.1. The Hall–Kier alpha value is -2.77. The number of ether oxygens (including phenoxy) is 1. The largest absolute Gasteiger partial charge is 0.476 e. The summed E-state index contributed by atoms with van der Waals surface area (Å²) in [6, 6.07) is 6.96. The topological polar surface area (TPSA) is 97.3 Å². The standard InChI is InChI=1S/C22H21ClF3N5O3S2/c1-21(2,34-15-6-4-3-5-13(15)23)19(33)31-9-7-12(8-10-31)17-27-14(11-35-17)16(32)28-20-30-29-18(36-20)22(24,25)26/h3-6,11-12H,7-10H2,1-2H3,(H,28,30,32). The van der Waals surface area contributed by atoms with Crippen LogP contribution in [0, 0.1) is 0 Å². The van der Waals surface area contributed by atoms with Crippen LogP contribution in [0.25, 0.3) is 0 Å². The van der Waals surface area contributed by atoms with Gasteiger partial charge in [-0.25, -0.2) is 4.98 Å². The van der Waals surface area contributed by atoms with Gasteiger partial charge in [0.25, 0.3) is 11.8 Å². The number of benzene rings is 1. The number of hydrogen-bond donors (Lipinski definition) is 1. The SMILES string of the molecule is CC(C)(Oc1ccccc1Cl)C(=O)N1CCC(c2nc(C(=O)Nc3nnc(C(F)(F)F)s3)cs2)CC1. The lowest BCUT2D eigenvalue weighted by atomic mass is 9.96. The van der Waals surface area contributed by atoms with Gasteiger partial charge in [-0.3, -0.25) is 14.9 Å². The first-order valence-corrected chi connectivity index (χ1v) is 12.9. The number of nitrogens with zero attached hydrogens (tertiary/aromatic N) is 4. The summed E-state index contributed by atoms with van der Waals surface area (Å²) in [6.45, 7) is 4.38. The van der Waals surface area contributed by atoms with E-state index in [1.54, 1.807) is 48.4 Å². The van der Waals surface area contributed by atoms with E-state index in [9.17, 15) is 22.8 Å². The number of piperidine rings is 1. The molecule has 1 fully saturated rings. The Morgan fingerprint density at radius 1 is 1.17 bits per heavy atom. The molecule has 0 saturated carbocycles. The van der Waals surface area contributed by atoms with E-state index in [1.807, 2.05) is 0 Å². The van der Waals surface area contributed by atoms with Crippen LogP contribution in [0.2, 0.25) is 5.02 Å². The molecule has 36 heavy (non-hydrogen) atoms. The lowest BCUT2D eigenvalue weighted by molar-refractivity contribution is -0.146. The molecule has 1 aliphatic heterocycles. The average molecular weight is 560 g/mol. The van der Waals surface area contributed by atoms with E-state index >= 15 is 0 Å². The maximum Gasteiger partial charge on any atom is 0.445 e. The number of rotatable bonds is 6. The van der Waals surface area contributed by atoms with Gasteiger partial charge in [0.2, 0.25) is 10.1 Å². The molecular formula is C22H21ClF3N5O3S2. The molecule has 192 valence electrons. The first kappa shape index (κ1) is 26.3. The highest BCUT2D eigenvalue weighted by Crippen LogP contribution is 2.35. The number of likely N-dealkylation sites (tertiary alicyclic amines) is 1. The smallest absolute Gasteiger partial charge is 0.445 e. The minimum atomic E-state index is -4.62. The maximum absolute atomic E-state index is 13.1. The average Bonchev–Trinajstić information content (AvgIpc) is 3.50. The number of carbonyl (C=O) groups is 2. The van der Waals surface area contributed by atoms with E-state index in [1.165, 1.54) is 11.3 Å². The Kier molecular flexibility index (Phi) is 7.53. The third-order valence-electron chi connectivity index (χ3n) is 5.49. The summed E-state index contributed by atoms with van der Waals surface area (Å²) in [5.74, 6) is -0.334. The minimum Gasteiger partial charge on any atom is -0.476 e. The number of para-hydroxylation sites is 1. The van der Waals surface area contributed by atoms with Crippen molar-refractivity contribution in [2.24, 2.45) is 0 Å². The van der Waals surface area contributed by atoms with Gasteiger partial charge in [0.05, 0.1) is 10.0 Å². The summed E-state index contributed by atoms with van der Waals surface area (Å²) in [7, 11) is 0. The molecule has 0 unspecified atom stereocenters. The summed E-state index contributed by atoms with van der Waals surface area (Å²) < 4.78 is 43.9. The number of halogens is 4. The van der Waals surface area contributed by atoms with Gasteiger partial charge < -0.3 is 9.64 Å². The van der Waals surface area contributed by atoms with Gasteiger partial charge in [0.15, 0.2) is 5.60 Å². The summed E-state index contributed by atoms with van der Waals surface area (Å²) in [4.78, 5) is 31.6. The number of hydrogen-bond acceptors (Lipinski definition) is 8. The number of carbonyl (C=O) groups excluding carboxylic acids is 2. The van der Waals surface area contributed by atoms with Crippen LogP contribution in [-0.4, -0.2) is 50.6 Å². The van der Waals surface area contributed by atoms with Crippen LogP contribution in [0.15, 0.2) is 29.6 Å². The fourth-order valence-electron chi connectivity index (χ4n) is 3.69. The van der Waals surface area contributed by atoms with Gasteiger partial charge >= 0.3 is 6.18 Å². The normalized spacial score (nSPS) is 15.1. The zero-order chi connectivity index (χ0) is 26.1. The van der Waals surface area contributed by atoms with Gasteiger partial charge in [-0.05, 0) is 38.8 Å². The molecule has 14 heteroatoms. The molecule has 4 rings (SSSR count). The van der Waals surface area contributed by atoms with Crippen LogP contribution >= 0.6 is 34.3 Å². The Morgan fingerprint density at radius 2 is 1.86 bits per heavy atom. The van der Waals surface area contributed by atoms with E-state index < -0.39 is 22.7 Å². The van der Waals surface area contributed by atoms with Crippen LogP contribution < -0.4 is 10.1 Å². The molecule has 3 heterocycles. The third-order valence-corrected chi connectivity index (χ3v) is 7.69. The van der Waals surface area contributed by atoms with Crippen molar-refractivity contribution in [3.05, 3.63) is 50.4 Å². The molecule has 8 nitrogen and oxygen atoms in total. The van der Waals surface area contributed by atoms with Crippen molar-refractivity contribution in [2.75, 3.05) is 18.4 Å². The molecule has 2 aromatic heterocycles. The van der Waals surface area contributed by atoms with E-state index in [-0.39, 0.29) is 34.0 Å². The zero-order valence-corrected chi connectivity index (χ0v) is 21.5. The van der Waals surface area contributed by atoms with Gasteiger partial charge in [0, 0.05) is 24.4 Å². The molecule has 0 atom stereocenters. The van der Waals surface area contributed by atoms with Crippen molar-refractivity contribution in [2.45, 2.75) is 44.4 Å². The van der Waals surface area contributed by atoms with Crippen molar-refractivity contribution in [3.63, 3.8) is 0 Å². The fraction of sp³-hybridized carbons (Fsp3) is 0.409. The van der Waals surface area contributed by atoms with Crippen molar-refractivity contribution < 1.29 is 27.5 Å². The fourth-order valence-corrected chi connectivity index (χ4v) is 5.44. The highest BCUT2D eigenvalue weighted by atomic mass is 35.5. The summed E-state index contributed by atoms with van der Waals surface area (Å²) in [6.07, 6.45) is -3.33. The second-order valence-electron chi connectivity index (χ2n) is 8.54. The molecule has 0 bridgehead atoms. The summed E-state index contributed by atoms with van der Waals surface area (Å²) in [5.41, 5.74) is -1.02. The molecule has 1 aromatic carbocycles. The molecule has 3 aromatic rings. The van der Waals surface area contributed by atoms with E-state index in [0.29, 0.717) is 36.7 Å². The molecule has 0 radical (unpaired) electrons. The van der Waals surface area contributed by atoms with Crippen molar-refractivity contribution in [1.82, 2.24) is 20.1 Å². The number of anilines is 1. The predicted molar refractivity (Wildman–Crippen MR) is 130 cm³/mol. The van der Waals surface area contributed by atoms with Crippen molar-refractivity contribution in [1.29, 1.82) is 0 Å². The van der Waals surface area contributed by atoms with Gasteiger partial charge in [-0.15, -0.1) is 21.5 Å². The van der Waals surface area contributed by atoms with Crippen LogP contribution in [0.1, 0.15) is 53.1 Å². The lowest BCUT2D eigenvalue weighted by Gasteiger charge is -2.36. The third kappa shape index (κ3) is 5.95. The Balaban J connectivity index is 1.33. The molecule has 2 amide bonds. The highest BCUT2D eigenvalue weighted by molar-refractivity contribution is 7.15. The molecule has 0 spiro atoms. The van der Waals surface area contributed by atoms with Crippen molar-refractivity contribution >= 4 is 51.2 Å². The number of thiazole rings is 1. The Morgan fingerprint density at radius 3 is 2.50 bits per heavy atom. The monoisotopic (exact) mass is 559 g/mol. The number of amides is 2. The molecule has 1 aliphatic rings. The van der Waals surface area contributed by atoms with E-state index in [2.05, 4.69) is 20.5 Å². The molecular weight excluding hydrogens is 539 g/mol. The second kappa shape index (κ2) is 10.3. The quantitative estimate of drug-likeness (QED) is 0.429. The van der Waals surface area contributed by atoms with Crippen LogP contribution in [-0.2, 0) is 11.0 Å². The summed E-state index contributed by atoms with van der Waals surface area (Å²) >= 11 is 7.70. The first-order chi connectivity index (χ1) is 16.9. The molecule has 1 saturated heterocycles. The Labute approximate surface area is 217 Å². The number of alkyl halides is 3. The van der Waals surface area contributed by atoms with Crippen LogP contribution in [0.3, 0.4) is 0 Å². The van der Waals surface area contributed by atoms with Gasteiger partial charge in [0.1, 0.15) is 11.4 Å². The summed E-state index contributed by atoms with van der Waals surface area (Å²) in [5, 5.41) is 10.0. The predicted octanol–water partition coefficient (Wildman–Crippen LogP) is 5.48. The van der Waals surface area contributed by atoms with Gasteiger partial charge in [-0.2, -0.15) is 13.2 Å². The van der Waals surface area contributed by atoms with Crippen LogP contribution in [0.4, 0.5) is 18.3 Å². The molecule has 0 aliphatic carbocycles. The van der Waals surface area contributed by atoms with E-state index in [4.69, 9.17) is 16.3 Å². The number of nitrogens with one attached hydrogen (secondary N) is 1. The van der Waals surface area contributed by atoms with Crippen molar-refractivity contribution in [3.8, 4) is 5.75 Å². The maximum atomic E-state index is 13.1. The first-order valence-electron chi connectivity index (χ1n) is 10.8. The second-order valence-corrected chi connectivity index (χ2v) is 10.8. The molecule has 1 N–H and O–H groups in total. The highest BCUT2D eigenvalue weighted by Gasteiger charge is 2.38. The van der Waals surface area contributed by atoms with Gasteiger partial charge in [-0.1, -0.05) is 35.1 Å². The minimum absolute atomic E-state index is 0.0477. The van der Waals surface area contributed by atoms with Crippen LogP contribution in [0.5, 0.6) is 5.75 Å². The Bertz CT molecular complexity index is 1260. The lowest BCUT2D eigenvalue weighted by Crippen LogP contribution is -2.51. The number of aromatic nitrogens is 3. The van der Waals surface area contributed by atoms with E-state index in [0.717, 1.165) is 5.01 Å².